The van der Waals surface area contributed by atoms with Gasteiger partial charge in [-0.25, -0.2) is 4.98 Å². The van der Waals surface area contributed by atoms with Gasteiger partial charge in [-0.05, 0) is 25.1 Å². The van der Waals surface area contributed by atoms with Crippen LogP contribution in [0.1, 0.15) is 21.8 Å². The summed E-state index contributed by atoms with van der Waals surface area (Å²) < 4.78 is 6.87. The van der Waals surface area contributed by atoms with Crippen molar-refractivity contribution in [2.75, 3.05) is 0 Å². The Labute approximate surface area is 115 Å². The van der Waals surface area contributed by atoms with E-state index in [0.29, 0.717) is 17.9 Å². The van der Waals surface area contributed by atoms with E-state index in [1.165, 1.54) is 0 Å². The van der Waals surface area contributed by atoms with Gasteiger partial charge in [0.05, 0.1) is 24.1 Å². The van der Waals surface area contributed by atoms with Crippen molar-refractivity contribution in [2.24, 2.45) is 7.05 Å². The van der Waals surface area contributed by atoms with Crippen LogP contribution in [0.3, 0.4) is 0 Å². The molecule has 0 saturated heterocycles. The molecule has 0 aliphatic heterocycles. The molecular formula is C14H14N4O2. The molecule has 0 bridgehead atoms. The Morgan fingerprint density at radius 1 is 1.50 bits per heavy atom. The van der Waals surface area contributed by atoms with Gasteiger partial charge in [0.15, 0.2) is 5.65 Å². The topological polar surface area (TPSA) is 73.0 Å². The number of rotatable bonds is 3. The summed E-state index contributed by atoms with van der Waals surface area (Å²) >= 11 is 0. The molecule has 0 aliphatic rings. The summed E-state index contributed by atoms with van der Waals surface area (Å²) in [6.07, 6.45) is 3.13. The summed E-state index contributed by atoms with van der Waals surface area (Å²) in [5, 5.41) is 7.96. The minimum Gasteiger partial charge on any atom is -0.467 e. The van der Waals surface area contributed by atoms with E-state index < -0.39 is 0 Å². The Bertz CT molecular complexity index is 759. The van der Waals surface area contributed by atoms with E-state index in [-0.39, 0.29) is 5.91 Å². The summed E-state index contributed by atoms with van der Waals surface area (Å²) in [5.41, 5.74) is 2.14. The molecule has 1 amide bonds. The van der Waals surface area contributed by atoms with Crippen LogP contribution < -0.4 is 5.32 Å². The molecule has 0 fully saturated rings. The van der Waals surface area contributed by atoms with Crippen LogP contribution in [0.4, 0.5) is 0 Å². The lowest BCUT2D eigenvalue weighted by molar-refractivity contribution is 0.0948. The van der Waals surface area contributed by atoms with E-state index in [9.17, 15) is 4.79 Å². The van der Waals surface area contributed by atoms with Crippen molar-refractivity contribution in [1.82, 2.24) is 20.1 Å². The van der Waals surface area contributed by atoms with E-state index >= 15 is 0 Å². The van der Waals surface area contributed by atoms with E-state index in [1.807, 2.05) is 26.1 Å². The number of fused-ring (bicyclic) bond motifs is 1. The Balaban J connectivity index is 1.82. The van der Waals surface area contributed by atoms with Crippen molar-refractivity contribution >= 4 is 16.9 Å². The molecule has 0 atom stereocenters. The maximum Gasteiger partial charge on any atom is 0.253 e. The maximum atomic E-state index is 12.1. The van der Waals surface area contributed by atoms with Crippen molar-refractivity contribution in [3.05, 3.63) is 47.7 Å². The number of aromatic nitrogens is 3. The number of carbonyl (C=O) groups excluding carboxylic acids is 1. The van der Waals surface area contributed by atoms with Gasteiger partial charge in [-0.3, -0.25) is 9.48 Å². The quantitative estimate of drug-likeness (QED) is 0.787. The van der Waals surface area contributed by atoms with Crippen LogP contribution >= 0.6 is 0 Å². The van der Waals surface area contributed by atoms with Crippen LogP contribution in [-0.4, -0.2) is 20.7 Å². The highest BCUT2D eigenvalue weighted by atomic mass is 16.3. The second-order valence-corrected chi connectivity index (χ2v) is 4.57. The SMILES string of the molecule is Cc1nn(C)c2ncc(C(=O)NCc3ccco3)cc12. The summed E-state index contributed by atoms with van der Waals surface area (Å²) in [6, 6.07) is 5.41. The van der Waals surface area contributed by atoms with Gasteiger partial charge in [-0.15, -0.1) is 0 Å². The third kappa shape index (κ3) is 2.16. The summed E-state index contributed by atoms with van der Waals surface area (Å²) in [5.74, 6) is 0.531. The highest BCUT2D eigenvalue weighted by Gasteiger charge is 2.11. The van der Waals surface area contributed by atoms with Crippen LogP contribution in [-0.2, 0) is 13.6 Å². The van der Waals surface area contributed by atoms with E-state index in [2.05, 4.69) is 15.4 Å². The summed E-state index contributed by atoms with van der Waals surface area (Å²) in [4.78, 5) is 16.4. The lowest BCUT2D eigenvalue weighted by atomic mass is 10.2. The predicted octanol–water partition coefficient (Wildman–Crippen LogP) is 1.80. The van der Waals surface area contributed by atoms with Gasteiger partial charge < -0.3 is 9.73 Å². The zero-order chi connectivity index (χ0) is 14.1. The van der Waals surface area contributed by atoms with E-state index in [1.54, 1.807) is 23.2 Å². The second-order valence-electron chi connectivity index (χ2n) is 4.57. The van der Waals surface area contributed by atoms with Crippen molar-refractivity contribution in [3.8, 4) is 0 Å². The van der Waals surface area contributed by atoms with Crippen molar-refractivity contribution in [3.63, 3.8) is 0 Å². The lowest BCUT2D eigenvalue weighted by Gasteiger charge is -2.03. The van der Waals surface area contributed by atoms with Gasteiger partial charge in [-0.2, -0.15) is 5.10 Å². The molecule has 20 heavy (non-hydrogen) atoms. The molecule has 1 N–H and O–H groups in total. The lowest BCUT2D eigenvalue weighted by Crippen LogP contribution is -2.22. The number of amides is 1. The fourth-order valence-electron chi connectivity index (χ4n) is 2.11. The molecule has 3 heterocycles. The minimum atomic E-state index is -0.181. The molecule has 0 spiro atoms. The predicted molar refractivity (Wildman–Crippen MR) is 73.1 cm³/mol. The number of nitrogens with zero attached hydrogens (tertiary/aromatic N) is 3. The molecule has 0 aromatic carbocycles. The molecule has 3 aromatic rings. The number of nitrogens with one attached hydrogen (secondary N) is 1. The van der Waals surface area contributed by atoms with Crippen LogP contribution in [0.2, 0.25) is 0 Å². The Morgan fingerprint density at radius 3 is 3.10 bits per heavy atom. The zero-order valence-electron chi connectivity index (χ0n) is 11.3. The number of carbonyl (C=O) groups is 1. The summed E-state index contributed by atoms with van der Waals surface area (Å²) in [7, 11) is 1.83. The van der Waals surface area contributed by atoms with Crippen LogP contribution in [0.25, 0.3) is 11.0 Å². The molecule has 6 heteroatoms. The largest absolute Gasteiger partial charge is 0.467 e. The fraction of sp³-hybridized carbons (Fsp3) is 0.214. The van der Waals surface area contributed by atoms with Gasteiger partial charge in [0, 0.05) is 18.6 Å². The molecule has 3 aromatic heterocycles. The average molecular weight is 270 g/mol. The van der Waals surface area contributed by atoms with Gasteiger partial charge in [0.2, 0.25) is 0 Å². The van der Waals surface area contributed by atoms with Crippen LogP contribution in [0.15, 0.2) is 35.1 Å². The smallest absolute Gasteiger partial charge is 0.253 e. The fourth-order valence-corrected chi connectivity index (χ4v) is 2.11. The standard InChI is InChI=1S/C14H14N4O2/c1-9-12-6-10(7-15-13(12)18(2)17-9)14(19)16-8-11-4-3-5-20-11/h3-7H,8H2,1-2H3,(H,16,19). The monoisotopic (exact) mass is 270 g/mol. The second kappa shape index (κ2) is 4.80. The van der Waals surface area contributed by atoms with Gasteiger partial charge >= 0.3 is 0 Å². The molecule has 3 rings (SSSR count). The van der Waals surface area contributed by atoms with Gasteiger partial charge in [0.1, 0.15) is 5.76 Å². The average Bonchev–Trinajstić information content (AvgIpc) is 3.05. The number of furan rings is 1. The Kier molecular flexibility index (Phi) is 2.98. The third-order valence-corrected chi connectivity index (χ3v) is 3.13. The molecular weight excluding hydrogens is 256 g/mol. The summed E-state index contributed by atoms with van der Waals surface area (Å²) in [6.45, 7) is 2.25. The first-order valence-corrected chi connectivity index (χ1v) is 6.25. The Morgan fingerprint density at radius 2 is 2.35 bits per heavy atom. The first-order valence-electron chi connectivity index (χ1n) is 6.25. The number of hydrogen-bond donors (Lipinski definition) is 1. The van der Waals surface area contributed by atoms with Crippen molar-refractivity contribution < 1.29 is 9.21 Å². The minimum absolute atomic E-state index is 0.181. The maximum absolute atomic E-state index is 12.1. The first-order chi connectivity index (χ1) is 9.65. The Hall–Kier alpha value is -2.63. The molecule has 0 saturated carbocycles. The van der Waals surface area contributed by atoms with E-state index in [0.717, 1.165) is 16.7 Å². The van der Waals surface area contributed by atoms with Crippen LogP contribution in [0.5, 0.6) is 0 Å². The third-order valence-electron chi connectivity index (χ3n) is 3.13. The van der Waals surface area contributed by atoms with Crippen molar-refractivity contribution in [1.29, 1.82) is 0 Å². The normalized spacial score (nSPS) is 10.9. The first kappa shape index (κ1) is 12.4. The molecule has 102 valence electrons. The highest BCUT2D eigenvalue weighted by Crippen LogP contribution is 2.16. The number of pyridine rings is 1. The van der Waals surface area contributed by atoms with Gasteiger partial charge in [-0.1, -0.05) is 0 Å². The van der Waals surface area contributed by atoms with E-state index in [4.69, 9.17) is 4.42 Å². The molecule has 6 nitrogen and oxygen atoms in total. The molecule has 0 radical (unpaired) electrons. The zero-order valence-corrected chi connectivity index (χ0v) is 11.3. The number of hydrogen-bond acceptors (Lipinski definition) is 4. The van der Waals surface area contributed by atoms with Crippen molar-refractivity contribution in [2.45, 2.75) is 13.5 Å². The molecule has 0 aliphatic carbocycles. The number of aryl methyl sites for hydroxylation is 2. The van der Waals surface area contributed by atoms with Crippen LogP contribution in [0, 0.1) is 6.92 Å². The van der Waals surface area contributed by atoms with Gasteiger partial charge in [0.25, 0.3) is 5.91 Å². The molecule has 0 unspecified atom stereocenters. The highest BCUT2D eigenvalue weighted by molar-refractivity contribution is 5.97.